The molecule has 3 rings (SSSR count). The number of nitrogens with two attached hydrogens (primary N) is 1. The zero-order chi connectivity index (χ0) is 19.4. The molecule has 1 saturated heterocycles. The molecule has 0 bridgehead atoms. The van der Waals surface area contributed by atoms with Crippen molar-refractivity contribution in [3.8, 4) is 0 Å². The Morgan fingerprint density at radius 3 is 2.59 bits per heavy atom. The second-order valence-corrected chi connectivity index (χ2v) is 7.79. The van der Waals surface area contributed by atoms with Crippen molar-refractivity contribution >= 4 is 33.8 Å². The number of nitrogens with zero attached hydrogens (tertiary/aromatic N) is 2. The molecule has 6 nitrogen and oxygen atoms in total. The van der Waals surface area contributed by atoms with Gasteiger partial charge in [0.2, 0.25) is 5.91 Å². The highest BCUT2D eigenvalue weighted by atomic mass is 32.1. The molecule has 0 saturated carbocycles. The predicted octanol–water partition coefficient (Wildman–Crippen LogP) is 2.61. The van der Waals surface area contributed by atoms with E-state index >= 15 is 0 Å². The second kappa shape index (κ2) is 8.54. The summed E-state index contributed by atoms with van der Waals surface area (Å²) in [5.74, 6) is -0.606. The lowest BCUT2D eigenvalue weighted by molar-refractivity contribution is -0.116. The highest BCUT2D eigenvalue weighted by Gasteiger charge is 2.20. The van der Waals surface area contributed by atoms with Crippen LogP contribution in [0.2, 0.25) is 0 Å². The van der Waals surface area contributed by atoms with Gasteiger partial charge in [-0.25, -0.2) is 0 Å². The normalized spacial score (nSPS) is 15.0. The summed E-state index contributed by atoms with van der Waals surface area (Å²) < 4.78 is 0. The van der Waals surface area contributed by atoms with Gasteiger partial charge in [-0.05, 0) is 42.5 Å². The van der Waals surface area contributed by atoms with Crippen molar-refractivity contribution in [2.24, 2.45) is 5.73 Å². The Labute approximate surface area is 164 Å². The fourth-order valence-electron chi connectivity index (χ4n) is 3.34. The number of amides is 2. The third-order valence-electron chi connectivity index (χ3n) is 5.13. The van der Waals surface area contributed by atoms with Crippen molar-refractivity contribution in [3.05, 3.63) is 46.3 Å². The van der Waals surface area contributed by atoms with Crippen LogP contribution in [0, 0.1) is 13.8 Å². The minimum atomic E-state index is -0.519. The SMILES string of the molecule is Cc1cccc(N2CCN(CCC(=O)Nc3sccc3C(N)=O)CC2)c1C. The maximum absolute atomic E-state index is 12.2. The first-order valence-electron chi connectivity index (χ1n) is 9.16. The fourth-order valence-corrected chi connectivity index (χ4v) is 4.15. The number of benzene rings is 1. The van der Waals surface area contributed by atoms with E-state index < -0.39 is 5.91 Å². The molecule has 1 aromatic heterocycles. The number of nitrogens with one attached hydrogen (secondary N) is 1. The Morgan fingerprint density at radius 2 is 1.89 bits per heavy atom. The summed E-state index contributed by atoms with van der Waals surface area (Å²) in [4.78, 5) is 28.3. The van der Waals surface area contributed by atoms with Crippen molar-refractivity contribution in [1.82, 2.24) is 4.90 Å². The van der Waals surface area contributed by atoms with Crippen LogP contribution in [0.4, 0.5) is 10.7 Å². The largest absolute Gasteiger partial charge is 0.369 e. The topological polar surface area (TPSA) is 78.7 Å². The Balaban J connectivity index is 1.47. The molecule has 0 radical (unpaired) electrons. The lowest BCUT2D eigenvalue weighted by atomic mass is 10.1. The van der Waals surface area contributed by atoms with E-state index in [1.807, 2.05) is 0 Å². The molecule has 0 atom stereocenters. The molecule has 2 amide bonds. The van der Waals surface area contributed by atoms with Crippen LogP contribution in [-0.4, -0.2) is 49.4 Å². The standard InChI is InChI=1S/C20H26N4O2S/c1-14-4-3-5-17(15(14)2)24-11-9-23(10-12-24)8-6-18(25)22-20-16(19(21)26)7-13-27-20/h3-5,7,13H,6,8-12H2,1-2H3,(H2,21,26)(H,22,25). The van der Waals surface area contributed by atoms with Gasteiger partial charge in [0.05, 0.1) is 5.56 Å². The van der Waals surface area contributed by atoms with Crippen molar-refractivity contribution in [2.75, 3.05) is 42.9 Å². The summed E-state index contributed by atoms with van der Waals surface area (Å²) >= 11 is 1.31. The van der Waals surface area contributed by atoms with Crippen LogP contribution < -0.4 is 16.0 Å². The lowest BCUT2D eigenvalue weighted by Gasteiger charge is -2.37. The van der Waals surface area contributed by atoms with E-state index in [9.17, 15) is 9.59 Å². The van der Waals surface area contributed by atoms with Gasteiger partial charge in [-0.3, -0.25) is 14.5 Å². The van der Waals surface area contributed by atoms with Gasteiger partial charge in [0.25, 0.3) is 5.91 Å². The van der Waals surface area contributed by atoms with E-state index in [0.29, 0.717) is 23.5 Å². The number of hydrogen-bond acceptors (Lipinski definition) is 5. The first-order valence-corrected chi connectivity index (χ1v) is 10.0. The van der Waals surface area contributed by atoms with Crippen LogP contribution in [0.15, 0.2) is 29.6 Å². The number of anilines is 2. The Kier molecular flexibility index (Phi) is 6.13. The second-order valence-electron chi connectivity index (χ2n) is 6.87. The van der Waals surface area contributed by atoms with Gasteiger partial charge >= 0.3 is 0 Å². The molecule has 7 heteroatoms. The summed E-state index contributed by atoms with van der Waals surface area (Å²) in [6.45, 7) is 8.82. The quantitative estimate of drug-likeness (QED) is 0.800. The number of primary amides is 1. The Morgan fingerprint density at radius 1 is 1.15 bits per heavy atom. The molecule has 27 heavy (non-hydrogen) atoms. The molecule has 3 N–H and O–H groups in total. The van der Waals surface area contributed by atoms with Crippen LogP contribution in [0.3, 0.4) is 0 Å². The molecule has 1 aliphatic rings. The molecule has 2 heterocycles. The molecular formula is C20H26N4O2S. The molecule has 0 unspecified atom stereocenters. The van der Waals surface area contributed by atoms with Crippen molar-refractivity contribution in [2.45, 2.75) is 20.3 Å². The third-order valence-corrected chi connectivity index (χ3v) is 5.96. The first-order chi connectivity index (χ1) is 13.0. The molecule has 1 fully saturated rings. The van der Waals surface area contributed by atoms with Crippen LogP contribution >= 0.6 is 11.3 Å². The van der Waals surface area contributed by atoms with Gasteiger partial charge in [-0.15, -0.1) is 11.3 Å². The van der Waals surface area contributed by atoms with E-state index in [1.165, 1.54) is 28.2 Å². The van der Waals surface area contributed by atoms with Gasteiger partial charge in [0.15, 0.2) is 0 Å². The first kappa shape index (κ1) is 19.4. The molecule has 0 spiro atoms. The van der Waals surface area contributed by atoms with Crippen LogP contribution in [0.5, 0.6) is 0 Å². The number of hydrogen-bond donors (Lipinski definition) is 2. The molecule has 0 aliphatic carbocycles. The van der Waals surface area contributed by atoms with Crippen LogP contribution in [0.1, 0.15) is 27.9 Å². The summed E-state index contributed by atoms with van der Waals surface area (Å²) in [5, 5.41) is 5.09. The molecule has 1 aromatic carbocycles. The van der Waals surface area contributed by atoms with Gasteiger partial charge in [-0.1, -0.05) is 12.1 Å². The monoisotopic (exact) mass is 386 g/mol. The van der Waals surface area contributed by atoms with Crippen molar-refractivity contribution in [3.63, 3.8) is 0 Å². The zero-order valence-corrected chi connectivity index (χ0v) is 16.6. The zero-order valence-electron chi connectivity index (χ0n) is 15.8. The fraction of sp³-hybridized carbons (Fsp3) is 0.400. The van der Waals surface area contributed by atoms with Gasteiger partial charge < -0.3 is 16.0 Å². The number of thiophene rings is 1. The smallest absolute Gasteiger partial charge is 0.251 e. The average Bonchev–Trinajstić information content (AvgIpc) is 3.11. The van der Waals surface area contributed by atoms with E-state index in [0.717, 1.165) is 26.2 Å². The number of aryl methyl sites for hydroxylation is 1. The summed E-state index contributed by atoms with van der Waals surface area (Å²) in [5.41, 5.74) is 9.64. The van der Waals surface area contributed by atoms with Crippen LogP contribution in [0.25, 0.3) is 0 Å². The number of carbonyl (C=O) groups is 2. The van der Waals surface area contributed by atoms with Gasteiger partial charge in [0, 0.05) is 44.8 Å². The highest BCUT2D eigenvalue weighted by molar-refractivity contribution is 7.14. The number of carbonyl (C=O) groups excluding carboxylic acids is 2. The van der Waals surface area contributed by atoms with E-state index in [2.05, 4.69) is 47.2 Å². The summed E-state index contributed by atoms with van der Waals surface area (Å²) in [7, 11) is 0. The Hall–Kier alpha value is -2.38. The average molecular weight is 387 g/mol. The van der Waals surface area contributed by atoms with E-state index in [-0.39, 0.29) is 5.91 Å². The highest BCUT2D eigenvalue weighted by Crippen LogP contribution is 2.24. The molecule has 2 aromatic rings. The third kappa shape index (κ3) is 4.67. The number of piperazine rings is 1. The van der Waals surface area contributed by atoms with E-state index in [1.54, 1.807) is 11.4 Å². The van der Waals surface area contributed by atoms with E-state index in [4.69, 9.17) is 5.73 Å². The lowest BCUT2D eigenvalue weighted by Crippen LogP contribution is -2.47. The molecule has 144 valence electrons. The minimum absolute atomic E-state index is 0.0862. The summed E-state index contributed by atoms with van der Waals surface area (Å²) in [6, 6.07) is 8.07. The predicted molar refractivity (Wildman–Crippen MR) is 111 cm³/mol. The molecule has 1 aliphatic heterocycles. The number of rotatable bonds is 6. The maximum Gasteiger partial charge on any atom is 0.251 e. The summed E-state index contributed by atoms with van der Waals surface area (Å²) in [6.07, 6.45) is 0.402. The van der Waals surface area contributed by atoms with Crippen molar-refractivity contribution in [1.29, 1.82) is 0 Å². The Bertz CT molecular complexity index is 825. The van der Waals surface area contributed by atoms with Gasteiger partial charge in [-0.2, -0.15) is 0 Å². The van der Waals surface area contributed by atoms with Gasteiger partial charge in [0.1, 0.15) is 5.00 Å². The minimum Gasteiger partial charge on any atom is -0.369 e. The maximum atomic E-state index is 12.2. The molecular weight excluding hydrogens is 360 g/mol. The van der Waals surface area contributed by atoms with Crippen molar-refractivity contribution < 1.29 is 9.59 Å². The van der Waals surface area contributed by atoms with Crippen LogP contribution in [-0.2, 0) is 4.79 Å².